The molecule has 0 aliphatic carbocycles. The van der Waals surface area contributed by atoms with Crippen molar-refractivity contribution in [3.63, 3.8) is 0 Å². The molecule has 0 aliphatic heterocycles. The number of aliphatic hydroxyl groups is 1. The van der Waals surface area contributed by atoms with Gasteiger partial charge in [0.1, 0.15) is 5.75 Å². The van der Waals surface area contributed by atoms with Crippen molar-refractivity contribution in [2.75, 3.05) is 20.3 Å². The highest BCUT2D eigenvalue weighted by Gasteiger charge is 2.09. The third kappa shape index (κ3) is 5.52. The van der Waals surface area contributed by atoms with Crippen LogP contribution in [-0.4, -0.2) is 25.4 Å². The summed E-state index contributed by atoms with van der Waals surface area (Å²) in [5, 5.41) is 9.24. The first-order chi connectivity index (χ1) is 8.65. The molecule has 0 saturated heterocycles. The number of aliphatic hydroxyl groups excluding tert-OH is 1. The van der Waals surface area contributed by atoms with Crippen LogP contribution in [0, 0.1) is 11.8 Å². The van der Waals surface area contributed by atoms with Gasteiger partial charge in [-0.1, -0.05) is 26.0 Å². The van der Waals surface area contributed by atoms with Crippen LogP contribution in [0.5, 0.6) is 5.75 Å². The molecule has 0 aromatic heterocycles. The first-order valence-electron chi connectivity index (χ1n) is 6.47. The van der Waals surface area contributed by atoms with Crippen molar-refractivity contribution in [2.24, 2.45) is 11.8 Å². The minimum atomic E-state index is 0.195. The van der Waals surface area contributed by atoms with Crippen LogP contribution in [-0.2, 0) is 11.3 Å². The van der Waals surface area contributed by atoms with Gasteiger partial charge >= 0.3 is 0 Å². The van der Waals surface area contributed by atoms with Crippen molar-refractivity contribution in [1.29, 1.82) is 0 Å². The molecule has 0 saturated carbocycles. The lowest BCUT2D eigenvalue weighted by Crippen LogP contribution is -2.16. The van der Waals surface area contributed by atoms with E-state index in [1.165, 1.54) is 0 Å². The smallest absolute Gasteiger partial charge is 0.118 e. The summed E-state index contributed by atoms with van der Waals surface area (Å²) in [5.74, 6) is 1.68. The van der Waals surface area contributed by atoms with Gasteiger partial charge in [-0.3, -0.25) is 0 Å². The van der Waals surface area contributed by atoms with Crippen LogP contribution < -0.4 is 4.74 Å². The number of hydrogen-bond acceptors (Lipinski definition) is 3. The Morgan fingerprint density at radius 2 is 1.83 bits per heavy atom. The van der Waals surface area contributed by atoms with Crippen molar-refractivity contribution >= 4 is 0 Å². The maximum absolute atomic E-state index is 9.24. The van der Waals surface area contributed by atoms with Gasteiger partial charge in [0.25, 0.3) is 0 Å². The summed E-state index contributed by atoms with van der Waals surface area (Å²) >= 11 is 0. The van der Waals surface area contributed by atoms with E-state index in [0.29, 0.717) is 19.1 Å². The molecule has 1 N–H and O–H groups in total. The summed E-state index contributed by atoms with van der Waals surface area (Å²) in [4.78, 5) is 0. The highest BCUT2D eigenvalue weighted by molar-refractivity contribution is 5.26. The number of ether oxygens (including phenoxy) is 2. The molecule has 102 valence electrons. The zero-order chi connectivity index (χ0) is 13.4. The van der Waals surface area contributed by atoms with Gasteiger partial charge in [0.15, 0.2) is 0 Å². The maximum atomic E-state index is 9.24. The molecule has 0 fully saturated rings. The molecule has 3 nitrogen and oxygen atoms in total. The average Bonchev–Trinajstić information content (AvgIpc) is 2.38. The van der Waals surface area contributed by atoms with E-state index in [1.54, 1.807) is 7.11 Å². The lowest BCUT2D eigenvalue weighted by molar-refractivity contribution is 0.0547. The van der Waals surface area contributed by atoms with Gasteiger partial charge in [0.05, 0.1) is 20.3 Å². The molecule has 0 unspecified atom stereocenters. The Bertz CT molecular complexity index is 319. The largest absolute Gasteiger partial charge is 0.497 e. The first kappa shape index (κ1) is 15.0. The molecule has 0 heterocycles. The van der Waals surface area contributed by atoms with Gasteiger partial charge in [-0.2, -0.15) is 0 Å². The predicted molar refractivity (Wildman–Crippen MR) is 72.7 cm³/mol. The summed E-state index contributed by atoms with van der Waals surface area (Å²) in [7, 11) is 1.66. The van der Waals surface area contributed by atoms with Gasteiger partial charge in [-0.15, -0.1) is 0 Å². The highest BCUT2D eigenvalue weighted by atomic mass is 16.5. The highest BCUT2D eigenvalue weighted by Crippen LogP contribution is 2.14. The van der Waals surface area contributed by atoms with Crippen LogP contribution in [0.2, 0.25) is 0 Å². The zero-order valence-electron chi connectivity index (χ0n) is 11.6. The molecule has 3 heteroatoms. The van der Waals surface area contributed by atoms with Crippen molar-refractivity contribution in [1.82, 2.24) is 0 Å². The fraction of sp³-hybridized carbons (Fsp3) is 0.600. The van der Waals surface area contributed by atoms with Crippen LogP contribution in [0.1, 0.15) is 25.8 Å². The monoisotopic (exact) mass is 252 g/mol. The second-order valence-corrected chi connectivity index (χ2v) is 5.04. The van der Waals surface area contributed by atoms with Gasteiger partial charge in [0.2, 0.25) is 0 Å². The van der Waals surface area contributed by atoms with Crippen LogP contribution in [0.4, 0.5) is 0 Å². The molecule has 1 aromatic carbocycles. The summed E-state index contributed by atoms with van der Waals surface area (Å²) < 4.78 is 10.7. The Labute approximate surface area is 110 Å². The maximum Gasteiger partial charge on any atom is 0.118 e. The average molecular weight is 252 g/mol. The Morgan fingerprint density at radius 3 is 2.33 bits per heavy atom. The molecule has 0 amide bonds. The Balaban J connectivity index is 2.31. The normalized spacial score (nSPS) is 12.7. The van der Waals surface area contributed by atoms with Crippen LogP contribution in [0.15, 0.2) is 24.3 Å². The van der Waals surface area contributed by atoms with E-state index in [-0.39, 0.29) is 12.5 Å². The van der Waals surface area contributed by atoms with Crippen molar-refractivity contribution in [3.05, 3.63) is 29.8 Å². The lowest BCUT2D eigenvalue weighted by atomic mass is 9.99. The van der Waals surface area contributed by atoms with Gasteiger partial charge in [-0.05, 0) is 30.0 Å². The molecule has 0 radical (unpaired) electrons. The number of rotatable bonds is 8. The fourth-order valence-electron chi connectivity index (χ4n) is 1.93. The van der Waals surface area contributed by atoms with E-state index in [4.69, 9.17) is 9.47 Å². The standard InChI is InChI=1S/C15H24O3/c1-12(2)8-14(9-16)11-18-10-13-4-6-15(17-3)7-5-13/h4-7,12,14,16H,8-11H2,1-3H3/t14-/m1/s1. The molecular weight excluding hydrogens is 228 g/mol. The third-order valence-corrected chi connectivity index (χ3v) is 2.84. The van der Waals surface area contributed by atoms with E-state index in [0.717, 1.165) is 17.7 Å². The number of hydrogen-bond donors (Lipinski definition) is 1. The SMILES string of the molecule is COc1ccc(COC[C@@H](CO)CC(C)C)cc1. The first-order valence-corrected chi connectivity index (χ1v) is 6.47. The Morgan fingerprint density at radius 1 is 1.17 bits per heavy atom. The zero-order valence-corrected chi connectivity index (χ0v) is 11.6. The van der Waals surface area contributed by atoms with Crippen LogP contribution >= 0.6 is 0 Å². The molecule has 0 aliphatic rings. The van der Waals surface area contributed by atoms with E-state index >= 15 is 0 Å². The topological polar surface area (TPSA) is 38.7 Å². The minimum Gasteiger partial charge on any atom is -0.497 e. The molecule has 0 spiro atoms. The second-order valence-electron chi connectivity index (χ2n) is 5.04. The van der Waals surface area contributed by atoms with Crippen molar-refractivity contribution < 1.29 is 14.6 Å². The van der Waals surface area contributed by atoms with Crippen molar-refractivity contribution in [2.45, 2.75) is 26.9 Å². The Kier molecular flexibility index (Phi) is 6.76. The fourth-order valence-corrected chi connectivity index (χ4v) is 1.93. The molecule has 18 heavy (non-hydrogen) atoms. The van der Waals surface area contributed by atoms with E-state index in [1.807, 2.05) is 24.3 Å². The molecule has 1 atom stereocenters. The summed E-state index contributed by atoms with van der Waals surface area (Å²) in [6.07, 6.45) is 0.999. The van der Waals surface area contributed by atoms with Crippen LogP contribution in [0.25, 0.3) is 0 Å². The third-order valence-electron chi connectivity index (χ3n) is 2.84. The quantitative estimate of drug-likeness (QED) is 0.773. The summed E-state index contributed by atoms with van der Waals surface area (Å²) in [6.45, 7) is 5.71. The second kappa shape index (κ2) is 8.11. The molecule has 0 bridgehead atoms. The van der Waals surface area contributed by atoms with Gasteiger partial charge < -0.3 is 14.6 Å². The number of benzene rings is 1. The lowest BCUT2D eigenvalue weighted by Gasteiger charge is -2.16. The summed E-state index contributed by atoms with van der Waals surface area (Å²) in [6, 6.07) is 7.84. The van der Waals surface area contributed by atoms with Crippen LogP contribution in [0.3, 0.4) is 0 Å². The molecule has 1 aromatic rings. The van der Waals surface area contributed by atoms with E-state index in [9.17, 15) is 5.11 Å². The molecular formula is C15H24O3. The van der Waals surface area contributed by atoms with Crippen molar-refractivity contribution in [3.8, 4) is 5.75 Å². The van der Waals surface area contributed by atoms with E-state index < -0.39 is 0 Å². The Hall–Kier alpha value is -1.06. The number of methoxy groups -OCH3 is 1. The van der Waals surface area contributed by atoms with Gasteiger partial charge in [-0.25, -0.2) is 0 Å². The predicted octanol–water partition coefficient (Wildman–Crippen LogP) is 2.87. The molecule has 1 rings (SSSR count). The van der Waals surface area contributed by atoms with E-state index in [2.05, 4.69) is 13.8 Å². The van der Waals surface area contributed by atoms with Gasteiger partial charge in [0, 0.05) is 12.5 Å². The minimum absolute atomic E-state index is 0.195. The summed E-state index contributed by atoms with van der Waals surface area (Å²) in [5.41, 5.74) is 1.12.